The van der Waals surface area contributed by atoms with Gasteiger partial charge >= 0.3 is 0 Å². The van der Waals surface area contributed by atoms with Crippen molar-refractivity contribution >= 4 is 34.2 Å². The van der Waals surface area contributed by atoms with E-state index in [0.29, 0.717) is 11.4 Å². The maximum atomic E-state index is 12.2. The summed E-state index contributed by atoms with van der Waals surface area (Å²) in [5, 5.41) is 3.14. The topological polar surface area (TPSA) is 58.2 Å². The highest BCUT2D eigenvalue weighted by molar-refractivity contribution is 7.99. The second kappa shape index (κ2) is 6.77. The molecule has 1 fully saturated rings. The summed E-state index contributed by atoms with van der Waals surface area (Å²) in [5.41, 5.74) is 0. The second-order valence-electron chi connectivity index (χ2n) is 3.96. The summed E-state index contributed by atoms with van der Waals surface area (Å²) in [5.74, 6) is 0. The average Bonchev–Trinajstić information content (AvgIpc) is 2.81. The van der Waals surface area contributed by atoms with E-state index in [9.17, 15) is 8.42 Å². The Balaban J connectivity index is 0.00000162. The third-order valence-electron chi connectivity index (χ3n) is 2.74. The van der Waals surface area contributed by atoms with Gasteiger partial charge in [0.2, 0.25) is 10.0 Å². The molecule has 1 atom stereocenters. The minimum absolute atomic E-state index is 0. The van der Waals surface area contributed by atoms with Crippen LogP contribution in [0.1, 0.15) is 6.42 Å². The van der Waals surface area contributed by atoms with Crippen LogP contribution in [0, 0.1) is 0 Å². The lowest BCUT2D eigenvalue weighted by Crippen LogP contribution is -2.36. The molecule has 0 bridgehead atoms. The molecule has 1 aromatic carbocycles. The lowest BCUT2D eigenvalue weighted by atomic mass is 10.3. The number of thioether (sulfide) groups is 1. The number of nitrogens with one attached hydrogen (secondary N) is 2. The van der Waals surface area contributed by atoms with Crippen molar-refractivity contribution in [2.75, 3.05) is 19.3 Å². The highest BCUT2D eigenvalue weighted by Crippen LogP contribution is 2.24. The van der Waals surface area contributed by atoms with Crippen molar-refractivity contribution in [2.24, 2.45) is 0 Å². The molecule has 1 aliphatic heterocycles. The molecule has 0 saturated carbocycles. The first-order chi connectivity index (χ1) is 8.13. The summed E-state index contributed by atoms with van der Waals surface area (Å²) in [6.07, 6.45) is 2.73. The van der Waals surface area contributed by atoms with Gasteiger partial charge in [-0.1, -0.05) is 12.1 Å². The van der Waals surface area contributed by atoms with Gasteiger partial charge in [0.25, 0.3) is 0 Å². The van der Waals surface area contributed by atoms with Crippen LogP contribution < -0.4 is 10.0 Å². The van der Waals surface area contributed by atoms with Gasteiger partial charge in [0.1, 0.15) is 0 Å². The number of sulfonamides is 1. The molecule has 2 N–H and O–H groups in total. The summed E-state index contributed by atoms with van der Waals surface area (Å²) in [6, 6.07) is 7.08. The van der Waals surface area contributed by atoms with Gasteiger partial charge in [-0.2, -0.15) is 0 Å². The van der Waals surface area contributed by atoms with Crippen LogP contribution in [0.15, 0.2) is 34.1 Å². The lowest BCUT2D eigenvalue weighted by molar-refractivity contribution is 0.558. The summed E-state index contributed by atoms with van der Waals surface area (Å²) in [6.45, 7) is 1.58. The van der Waals surface area contributed by atoms with E-state index in [0.717, 1.165) is 17.9 Å². The van der Waals surface area contributed by atoms with E-state index in [4.69, 9.17) is 0 Å². The molecule has 1 aromatic rings. The SMILES string of the molecule is CSc1ccccc1S(=O)(=O)NC1CCNC1.Cl. The average molecular weight is 309 g/mol. The van der Waals surface area contributed by atoms with Crippen molar-refractivity contribution in [2.45, 2.75) is 22.3 Å². The fourth-order valence-corrected chi connectivity index (χ4v) is 4.30. The van der Waals surface area contributed by atoms with E-state index in [1.807, 2.05) is 18.4 Å². The molecule has 0 spiro atoms. The van der Waals surface area contributed by atoms with Gasteiger partial charge in [-0.3, -0.25) is 0 Å². The van der Waals surface area contributed by atoms with E-state index in [-0.39, 0.29) is 18.4 Å². The molecule has 1 aliphatic rings. The molecule has 0 aromatic heterocycles. The van der Waals surface area contributed by atoms with Crippen LogP contribution in [0.2, 0.25) is 0 Å². The van der Waals surface area contributed by atoms with Gasteiger partial charge in [-0.25, -0.2) is 13.1 Å². The number of rotatable bonds is 4. The number of halogens is 1. The van der Waals surface area contributed by atoms with Crippen molar-refractivity contribution in [3.63, 3.8) is 0 Å². The van der Waals surface area contributed by atoms with Crippen molar-refractivity contribution < 1.29 is 8.42 Å². The normalized spacial score (nSPS) is 19.5. The predicted octanol–water partition coefficient (Wildman–Crippen LogP) is 1.47. The van der Waals surface area contributed by atoms with E-state index < -0.39 is 10.0 Å². The Kier molecular flexibility index (Phi) is 5.94. The predicted molar refractivity (Wildman–Crippen MR) is 77.1 cm³/mol. The Hall–Kier alpha value is -0.270. The third-order valence-corrected chi connectivity index (χ3v) is 5.24. The van der Waals surface area contributed by atoms with Crippen LogP contribution in [-0.4, -0.2) is 33.8 Å². The number of benzene rings is 1. The Morgan fingerprint density at radius 2 is 2.11 bits per heavy atom. The van der Waals surface area contributed by atoms with E-state index in [1.54, 1.807) is 12.1 Å². The molecule has 18 heavy (non-hydrogen) atoms. The third kappa shape index (κ3) is 3.61. The van der Waals surface area contributed by atoms with Crippen LogP contribution in [0.25, 0.3) is 0 Å². The van der Waals surface area contributed by atoms with Crippen LogP contribution in [-0.2, 0) is 10.0 Å². The van der Waals surface area contributed by atoms with Crippen LogP contribution in [0.3, 0.4) is 0 Å². The molecule has 1 heterocycles. The van der Waals surface area contributed by atoms with Gasteiger partial charge in [0.05, 0.1) is 4.90 Å². The minimum Gasteiger partial charge on any atom is -0.315 e. The summed E-state index contributed by atoms with van der Waals surface area (Å²) in [4.78, 5) is 1.16. The van der Waals surface area contributed by atoms with Crippen LogP contribution in [0.4, 0.5) is 0 Å². The minimum atomic E-state index is -3.40. The lowest BCUT2D eigenvalue weighted by Gasteiger charge is -2.13. The van der Waals surface area contributed by atoms with E-state index in [1.165, 1.54) is 11.8 Å². The maximum Gasteiger partial charge on any atom is 0.241 e. The molecule has 1 saturated heterocycles. The first kappa shape index (κ1) is 15.8. The highest BCUT2D eigenvalue weighted by atomic mass is 35.5. The van der Waals surface area contributed by atoms with E-state index in [2.05, 4.69) is 10.0 Å². The Morgan fingerprint density at radius 3 is 2.72 bits per heavy atom. The highest BCUT2D eigenvalue weighted by Gasteiger charge is 2.24. The van der Waals surface area contributed by atoms with Crippen molar-refractivity contribution in [1.29, 1.82) is 0 Å². The molecule has 0 amide bonds. The zero-order valence-corrected chi connectivity index (χ0v) is 12.5. The molecular formula is C11H17ClN2O2S2. The zero-order chi connectivity index (χ0) is 12.3. The van der Waals surface area contributed by atoms with Gasteiger partial charge in [0, 0.05) is 17.5 Å². The first-order valence-electron chi connectivity index (χ1n) is 5.49. The monoisotopic (exact) mass is 308 g/mol. The Bertz CT molecular complexity index is 488. The number of hydrogen-bond donors (Lipinski definition) is 2. The largest absolute Gasteiger partial charge is 0.315 e. The fraction of sp³-hybridized carbons (Fsp3) is 0.455. The summed E-state index contributed by atoms with van der Waals surface area (Å²) in [7, 11) is -3.40. The van der Waals surface area contributed by atoms with Crippen LogP contribution in [0.5, 0.6) is 0 Å². The zero-order valence-electron chi connectivity index (χ0n) is 10.0. The maximum absolute atomic E-state index is 12.2. The molecule has 2 rings (SSSR count). The molecule has 0 radical (unpaired) electrons. The Labute approximate surface area is 118 Å². The van der Waals surface area contributed by atoms with Gasteiger partial charge in [-0.15, -0.1) is 24.2 Å². The molecular weight excluding hydrogens is 292 g/mol. The van der Waals surface area contributed by atoms with Crippen molar-refractivity contribution in [1.82, 2.24) is 10.0 Å². The van der Waals surface area contributed by atoms with Gasteiger partial charge < -0.3 is 5.32 Å². The summed E-state index contributed by atoms with van der Waals surface area (Å²) < 4.78 is 27.2. The van der Waals surface area contributed by atoms with Gasteiger partial charge in [-0.05, 0) is 31.4 Å². The summed E-state index contributed by atoms with van der Waals surface area (Å²) >= 11 is 1.45. The quantitative estimate of drug-likeness (QED) is 0.827. The van der Waals surface area contributed by atoms with Gasteiger partial charge in [0.15, 0.2) is 0 Å². The van der Waals surface area contributed by atoms with E-state index >= 15 is 0 Å². The molecule has 102 valence electrons. The molecule has 4 nitrogen and oxygen atoms in total. The van der Waals surface area contributed by atoms with Crippen molar-refractivity contribution in [3.05, 3.63) is 24.3 Å². The first-order valence-corrected chi connectivity index (χ1v) is 8.20. The van der Waals surface area contributed by atoms with Crippen molar-refractivity contribution in [3.8, 4) is 0 Å². The molecule has 7 heteroatoms. The smallest absolute Gasteiger partial charge is 0.241 e. The standard InChI is InChI=1S/C11H16N2O2S2.ClH/c1-16-10-4-2-3-5-11(10)17(14,15)13-9-6-7-12-8-9;/h2-5,9,12-13H,6-8H2,1H3;1H. The fourth-order valence-electron chi connectivity index (χ4n) is 1.88. The molecule has 0 aliphatic carbocycles. The second-order valence-corrected chi connectivity index (χ2v) is 6.49. The van der Waals surface area contributed by atoms with Crippen LogP contribution >= 0.6 is 24.2 Å². The number of hydrogen-bond acceptors (Lipinski definition) is 4. The molecule has 1 unspecified atom stereocenters. The Morgan fingerprint density at radius 1 is 1.39 bits per heavy atom.